The van der Waals surface area contributed by atoms with E-state index in [0.717, 1.165) is 11.3 Å². The van der Waals surface area contributed by atoms with E-state index in [-0.39, 0.29) is 11.3 Å². The molecule has 2 aromatic carbocycles. The fraction of sp³-hybridized carbons (Fsp3) is 0.238. The van der Waals surface area contributed by atoms with Crippen molar-refractivity contribution in [3.63, 3.8) is 0 Å². The Labute approximate surface area is 144 Å². The van der Waals surface area contributed by atoms with Crippen LogP contribution in [0.4, 0.5) is 0 Å². The standard InChI is InChI=1S/C21H24N2O/c1-16(10-11-17-8-6-5-7-9-17)22-23-20(24)18-12-14-19(15-13-18)21(2,3)4/h5-15H,1-4H3,(H,23,24)/b11-10+,22-16?. The van der Waals surface area contributed by atoms with Crippen molar-refractivity contribution in [1.29, 1.82) is 0 Å². The number of carbonyl (C=O) groups is 1. The van der Waals surface area contributed by atoms with Crippen molar-refractivity contribution in [2.75, 3.05) is 0 Å². The second kappa shape index (κ2) is 7.73. The molecule has 0 aliphatic heterocycles. The van der Waals surface area contributed by atoms with E-state index in [4.69, 9.17) is 0 Å². The highest BCUT2D eigenvalue weighted by Crippen LogP contribution is 2.22. The van der Waals surface area contributed by atoms with Crippen LogP contribution in [-0.2, 0) is 5.41 Å². The van der Waals surface area contributed by atoms with Gasteiger partial charge in [0.25, 0.3) is 5.91 Å². The Hall–Kier alpha value is -2.68. The minimum Gasteiger partial charge on any atom is -0.267 e. The minimum absolute atomic E-state index is 0.0754. The van der Waals surface area contributed by atoms with Gasteiger partial charge in [0.1, 0.15) is 0 Å². The molecule has 0 saturated heterocycles. The summed E-state index contributed by atoms with van der Waals surface area (Å²) in [5.41, 5.74) is 6.30. The lowest BCUT2D eigenvalue weighted by atomic mass is 9.87. The van der Waals surface area contributed by atoms with E-state index >= 15 is 0 Å². The van der Waals surface area contributed by atoms with Gasteiger partial charge in [0.05, 0.1) is 5.71 Å². The van der Waals surface area contributed by atoms with E-state index in [0.29, 0.717) is 5.56 Å². The summed E-state index contributed by atoms with van der Waals surface area (Å²) in [5, 5.41) is 4.12. The summed E-state index contributed by atoms with van der Waals surface area (Å²) >= 11 is 0. The Morgan fingerprint density at radius 2 is 1.62 bits per heavy atom. The zero-order valence-corrected chi connectivity index (χ0v) is 14.7. The molecule has 0 unspecified atom stereocenters. The molecule has 0 fully saturated rings. The molecule has 0 spiro atoms. The molecule has 0 bridgehead atoms. The lowest BCUT2D eigenvalue weighted by Crippen LogP contribution is -2.19. The summed E-state index contributed by atoms with van der Waals surface area (Å²) in [6.45, 7) is 8.29. The van der Waals surface area contributed by atoms with Crippen molar-refractivity contribution in [2.45, 2.75) is 33.1 Å². The molecule has 0 atom stereocenters. The fourth-order valence-electron chi connectivity index (χ4n) is 2.14. The van der Waals surface area contributed by atoms with Gasteiger partial charge in [-0.05, 0) is 41.7 Å². The van der Waals surface area contributed by atoms with Gasteiger partial charge >= 0.3 is 0 Å². The van der Waals surface area contributed by atoms with Crippen molar-refractivity contribution in [3.8, 4) is 0 Å². The summed E-state index contributed by atoms with van der Waals surface area (Å²) in [7, 11) is 0. The van der Waals surface area contributed by atoms with Crippen molar-refractivity contribution < 1.29 is 4.79 Å². The van der Waals surface area contributed by atoms with Crippen molar-refractivity contribution >= 4 is 17.7 Å². The third kappa shape index (κ3) is 5.20. The lowest BCUT2D eigenvalue weighted by molar-refractivity contribution is 0.0955. The van der Waals surface area contributed by atoms with E-state index in [1.165, 1.54) is 5.56 Å². The quantitative estimate of drug-likeness (QED) is 0.638. The average Bonchev–Trinajstić information content (AvgIpc) is 2.58. The first kappa shape index (κ1) is 17.7. The number of hydrogen-bond acceptors (Lipinski definition) is 2. The van der Waals surface area contributed by atoms with Gasteiger partial charge < -0.3 is 0 Å². The maximum Gasteiger partial charge on any atom is 0.271 e. The molecule has 0 aromatic heterocycles. The van der Waals surface area contributed by atoms with Gasteiger partial charge in [-0.2, -0.15) is 5.10 Å². The minimum atomic E-state index is -0.206. The first-order valence-corrected chi connectivity index (χ1v) is 8.04. The number of rotatable bonds is 4. The van der Waals surface area contributed by atoms with E-state index < -0.39 is 0 Å². The van der Waals surface area contributed by atoms with Crippen molar-refractivity contribution in [3.05, 3.63) is 77.4 Å². The second-order valence-corrected chi connectivity index (χ2v) is 6.77. The normalized spacial score (nSPS) is 12.4. The molecule has 1 amide bonds. The predicted octanol–water partition coefficient (Wildman–Crippen LogP) is 4.80. The highest BCUT2D eigenvalue weighted by atomic mass is 16.2. The highest BCUT2D eigenvalue weighted by Gasteiger charge is 2.14. The zero-order chi connectivity index (χ0) is 17.6. The van der Waals surface area contributed by atoms with Gasteiger partial charge in [0.15, 0.2) is 0 Å². The summed E-state index contributed by atoms with van der Waals surface area (Å²) in [6, 6.07) is 17.6. The van der Waals surface area contributed by atoms with Crippen LogP contribution < -0.4 is 5.43 Å². The molecular formula is C21H24N2O. The number of carbonyl (C=O) groups excluding carboxylic acids is 1. The number of nitrogens with zero attached hydrogens (tertiary/aromatic N) is 1. The van der Waals surface area contributed by atoms with Gasteiger partial charge in [0.2, 0.25) is 0 Å². The summed E-state index contributed by atoms with van der Waals surface area (Å²) < 4.78 is 0. The van der Waals surface area contributed by atoms with Crippen LogP contribution in [0.3, 0.4) is 0 Å². The molecule has 0 saturated carbocycles. The number of hydrazone groups is 1. The molecule has 0 heterocycles. The Bertz CT molecular complexity index is 736. The first-order chi connectivity index (χ1) is 11.4. The number of hydrogen-bond donors (Lipinski definition) is 1. The van der Waals surface area contributed by atoms with Gasteiger partial charge in [0, 0.05) is 5.56 Å². The molecule has 24 heavy (non-hydrogen) atoms. The van der Waals surface area contributed by atoms with E-state index in [1.54, 1.807) is 0 Å². The van der Waals surface area contributed by atoms with Crippen LogP contribution in [0.5, 0.6) is 0 Å². The van der Waals surface area contributed by atoms with E-state index in [9.17, 15) is 4.79 Å². The topological polar surface area (TPSA) is 41.5 Å². The van der Waals surface area contributed by atoms with E-state index in [2.05, 4.69) is 31.3 Å². The Balaban J connectivity index is 1.98. The van der Waals surface area contributed by atoms with Crippen LogP contribution in [0.15, 0.2) is 65.8 Å². The number of amides is 1. The van der Waals surface area contributed by atoms with Gasteiger partial charge in [-0.25, -0.2) is 5.43 Å². The monoisotopic (exact) mass is 320 g/mol. The Kier molecular flexibility index (Phi) is 5.69. The lowest BCUT2D eigenvalue weighted by Gasteiger charge is -2.18. The molecule has 2 aromatic rings. The van der Waals surface area contributed by atoms with Crippen molar-refractivity contribution in [1.82, 2.24) is 5.43 Å². The largest absolute Gasteiger partial charge is 0.271 e. The third-order valence-corrected chi connectivity index (χ3v) is 3.66. The second-order valence-electron chi connectivity index (χ2n) is 6.77. The van der Waals surface area contributed by atoms with Gasteiger partial charge in [-0.1, -0.05) is 69.3 Å². The molecule has 0 radical (unpaired) electrons. The first-order valence-electron chi connectivity index (χ1n) is 8.04. The highest BCUT2D eigenvalue weighted by molar-refractivity contribution is 5.99. The van der Waals surface area contributed by atoms with Crippen LogP contribution in [-0.4, -0.2) is 11.6 Å². The van der Waals surface area contributed by atoms with Crippen LogP contribution in [0.25, 0.3) is 6.08 Å². The van der Waals surface area contributed by atoms with Gasteiger partial charge in [-0.15, -0.1) is 0 Å². The summed E-state index contributed by atoms with van der Waals surface area (Å²) in [6.07, 6.45) is 3.83. The van der Waals surface area contributed by atoms with Gasteiger partial charge in [-0.3, -0.25) is 4.79 Å². The predicted molar refractivity (Wildman–Crippen MR) is 101 cm³/mol. The SMILES string of the molecule is CC(/C=C/c1ccccc1)=NNC(=O)c1ccc(C(C)(C)C)cc1. The summed E-state index contributed by atoms with van der Waals surface area (Å²) in [4.78, 5) is 12.1. The van der Waals surface area contributed by atoms with Crippen molar-refractivity contribution in [2.24, 2.45) is 5.10 Å². The molecule has 2 rings (SSSR count). The molecule has 3 nitrogen and oxygen atoms in total. The molecule has 0 aliphatic rings. The van der Waals surface area contributed by atoms with Crippen LogP contribution >= 0.6 is 0 Å². The Morgan fingerprint density at radius 1 is 1.00 bits per heavy atom. The number of benzene rings is 2. The molecule has 124 valence electrons. The van der Waals surface area contributed by atoms with Crippen LogP contribution in [0.1, 0.15) is 49.2 Å². The molecule has 0 aliphatic carbocycles. The Morgan fingerprint density at radius 3 is 2.21 bits per heavy atom. The third-order valence-electron chi connectivity index (χ3n) is 3.66. The summed E-state index contributed by atoms with van der Waals surface area (Å²) in [5.74, 6) is -0.206. The molecule has 3 heteroatoms. The van der Waals surface area contributed by atoms with Crippen LogP contribution in [0.2, 0.25) is 0 Å². The van der Waals surface area contributed by atoms with Crippen LogP contribution in [0, 0.1) is 0 Å². The zero-order valence-electron chi connectivity index (χ0n) is 14.7. The average molecular weight is 320 g/mol. The molecule has 1 N–H and O–H groups in total. The maximum atomic E-state index is 12.1. The fourth-order valence-corrected chi connectivity index (χ4v) is 2.14. The van der Waals surface area contributed by atoms with E-state index in [1.807, 2.05) is 73.7 Å². The maximum absolute atomic E-state index is 12.1. The smallest absolute Gasteiger partial charge is 0.267 e. The molecular weight excluding hydrogens is 296 g/mol. The number of nitrogens with one attached hydrogen (secondary N) is 1. The number of allylic oxidation sites excluding steroid dienone is 1.